The summed E-state index contributed by atoms with van der Waals surface area (Å²) < 4.78 is 40.4. The van der Waals surface area contributed by atoms with Crippen LogP contribution >= 0.6 is 0 Å². The number of nitrogen functional groups attached to an aromatic ring is 1. The molecule has 2 unspecified atom stereocenters. The van der Waals surface area contributed by atoms with Crippen molar-refractivity contribution in [1.82, 2.24) is 4.31 Å². The Morgan fingerprint density at radius 1 is 1.33 bits per heavy atom. The van der Waals surface area contributed by atoms with Crippen LogP contribution in [-0.4, -0.2) is 25.8 Å². The van der Waals surface area contributed by atoms with Gasteiger partial charge in [0.1, 0.15) is 5.82 Å². The van der Waals surface area contributed by atoms with Crippen molar-refractivity contribution in [2.24, 2.45) is 5.92 Å². The molecule has 6 heteroatoms. The van der Waals surface area contributed by atoms with Crippen molar-refractivity contribution in [3.8, 4) is 0 Å². The normalized spacial score (nSPS) is 23.5. The molecule has 0 saturated heterocycles. The molecule has 0 aromatic heterocycles. The van der Waals surface area contributed by atoms with Gasteiger partial charge in [-0.3, -0.25) is 0 Å². The van der Waals surface area contributed by atoms with Crippen molar-refractivity contribution in [3.05, 3.63) is 23.5 Å². The molecule has 0 aliphatic heterocycles. The Morgan fingerprint density at radius 2 is 2.00 bits per heavy atom. The van der Waals surface area contributed by atoms with Gasteiger partial charge in [-0.25, -0.2) is 12.8 Å². The molecule has 1 aromatic carbocycles. The summed E-state index contributed by atoms with van der Waals surface area (Å²) in [5.41, 5.74) is 5.68. The van der Waals surface area contributed by atoms with Crippen LogP contribution in [0.3, 0.4) is 0 Å². The lowest BCUT2D eigenvalue weighted by Gasteiger charge is -2.33. The highest BCUT2D eigenvalue weighted by molar-refractivity contribution is 7.89. The molecule has 1 aliphatic carbocycles. The van der Waals surface area contributed by atoms with Gasteiger partial charge in [0, 0.05) is 13.1 Å². The van der Waals surface area contributed by atoms with E-state index in [9.17, 15) is 12.8 Å². The molecule has 2 rings (SSSR count). The molecule has 0 bridgehead atoms. The van der Waals surface area contributed by atoms with Gasteiger partial charge in [0.15, 0.2) is 0 Å². The summed E-state index contributed by atoms with van der Waals surface area (Å²) in [5.74, 6) is -0.0238. The topological polar surface area (TPSA) is 63.4 Å². The Kier molecular flexibility index (Phi) is 4.58. The van der Waals surface area contributed by atoms with E-state index >= 15 is 0 Å². The van der Waals surface area contributed by atoms with Crippen LogP contribution in [0.5, 0.6) is 0 Å². The molecule has 118 valence electrons. The van der Waals surface area contributed by atoms with Gasteiger partial charge in [-0.2, -0.15) is 4.31 Å². The molecule has 1 fully saturated rings. The van der Waals surface area contributed by atoms with E-state index in [2.05, 4.69) is 6.92 Å². The second-order valence-corrected chi connectivity index (χ2v) is 8.09. The van der Waals surface area contributed by atoms with Crippen LogP contribution < -0.4 is 5.73 Å². The van der Waals surface area contributed by atoms with Gasteiger partial charge in [0.2, 0.25) is 10.0 Å². The zero-order chi connectivity index (χ0) is 15.8. The Bertz CT molecular complexity index is 608. The standard InChI is InChI=1S/C15H23FN2O2S/c1-10-5-4-6-12(7-10)18(3)21(19,20)13-8-11(2)15(16)14(17)9-13/h8-10,12H,4-7,17H2,1-3H3. The van der Waals surface area contributed by atoms with Gasteiger partial charge in [0.25, 0.3) is 0 Å². The fraction of sp³-hybridized carbons (Fsp3) is 0.600. The van der Waals surface area contributed by atoms with Crippen LogP contribution in [0, 0.1) is 18.7 Å². The Labute approximate surface area is 126 Å². The molecular formula is C15H23FN2O2S. The summed E-state index contributed by atoms with van der Waals surface area (Å²) in [6.45, 7) is 3.67. The summed E-state index contributed by atoms with van der Waals surface area (Å²) in [6, 6.07) is 2.56. The van der Waals surface area contributed by atoms with Gasteiger partial charge in [0.05, 0.1) is 10.6 Å². The number of aryl methyl sites for hydroxylation is 1. The van der Waals surface area contributed by atoms with E-state index in [0.29, 0.717) is 5.92 Å². The average molecular weight is 314 g/mol. The monoisotopic (exact) mass is 314 g/mol. The van der Waals surface area contributed by atoms with Crippen molar-refractivity contribution in [2.45, 2.75) is 50.5 Å². The minimum atomic E-state index is -3.64. The van der Waals surface area contributed by atoms with Crippen LogP contribution in [0.15, 0.2) is 17.0 Å². The minimum Gasteiger partial charge on any atom is -0.396 e. The predicted molar refractivity (Wildman–Crippen MR) is 81.9 cm³/mol. The molecule has 0 radical (unpaired) electrons. The van der Waals surface area contributed by atoms with Crippen molar-refractivity contribution in [2.75, 3.05) is 12.8 Å². The Morgan fingerprint density at radius 3 is 2.57 bits per heavy atom. The molecule has 2 atom stereocenters. The van der Waals surface area contributed by atoms with Gasteiger partial charge in [-0.15, -0.1) is 0 Å². The average Bonchev–Trinajstić information content (AvgIpc) is 2.43. The van der Waals surface area contributed by atoms with Crippen LogP contribution in [0.4, 0.5) is 10.1 Å². The minimum absolute atomic E-state index is 0.00494. The third-order valence-corrected chi connectivity index (χ3v) is 6.24. The zero-order valence-corrected chi connectivity index (χ0v) is 13.6. The van der Waals surface area contributed by atoms with E-state index in [1.54, 1.807) is 7.05 Å². The lowest BCUT2D eigenvalue weighted by molar-refractivity contribution is 0.239. The van der Waals surface area contributed by atoms with E-state index < -0.39 is 15.8 Å². The maximum atomic E-state index is 13.6. The number of hydrogen-bond donors (Lipinski definition) is 1. The van der Waals surface area contributed by atoms with Crippen LogP contribution in [0.1, 0.15) is 38.2 Å². The van der Waals surface area contributed by atoms with Crippen LogP contribution in [0.25, 0.3) is 0 Å². The third kappa shape index (κ3) is 3.21. The fourth-order valence-electron chi connectivity index (χ4n) is 3.01. The summed E-state index contributed by atoms with van der Waals surface area (Å²) in [5, 5.41) is 0. The quantitative estimate of drug-likeness (QED) is 0.873. The predicted octanol–water partition coefficient (Wildman–Crippen LogP) is 2.92. The number of halogens is 1. The SMILES string of the molecule is Cc1cc(S(=O)(=O)N(C)C2CCCC(C)C2)cc(N)c1F. The van der Waals surface area contributed by atoms with E-state index in [-0.39, 0.29) is 22.2 Å². The summed E-state index contributed by atoms with van der Waals surface area (Å²) in [4.78, 5) is 0.0691. The number of nitrogens with zero attached hydrogens (tertiary/aromatic N) is 1. The van der Waals surface area contributed by atoms with E-state index in [1.807, 2.05) is 0 Å². The molecule has 0 heterocycles. The first kappa shape index (κ1) is 16.2. The molecule has 4 nitrogen and oxygen atoms in total. The smallest absolute Gasteiger partial charge is 0.243 e. The molecule has 0 spiro atoms. The molecule has 2 N–H and O–H groups in total. The van der Waals surface area contributed by atoms with Gasteiger partial charge >= 0.3 is 0 Å². The van der Waals surface area contributed by atoms with Crippen molar-refractivity contribution in [1.29, 1.82) is 0 Å². The molecule has 21 heavy (non-hydrogen) atoms. The first-order chi connectivity index (χ1) is 9.73. The lowest BCUT2D eigenvalue weighted by Crippen LogP contribution is -2.39. The molecule has 0 amide bonds. The van der Waals surface area contributed by atoms with E-state index in [0.717, 1.165) is 25.7 Å². The van der Waals surface area contributed by atoms with Crippen molar-refractivity contribution >= 4 is 15.7 Å². The van der Waals surface area contributed by atoms with Crippen LogP contribution in [-0.2, 0) is 10.0 Å². The van der Waals surface area contributed by atoms with Crippen LogP contribution in [0.2, 0.25) is 0 Å². The molecule has 1 saturated carbocycles. The summed E-state index contributed by atoms with van der Waals surface area (Å²) in [6.07, 6.45) is 3.92. The van der Waals surface area contributed by atoms with E-state index in [1.165, 1.54) is 23.4 Å². The zero-order valence-electron chi connectivity index (χ0n) is 12.8. The second-order valence-electron chi connectivity index (χ2n) is 6.09. The van der Waals surface area contributed by atoms with Crippen molar-refractivity contribution in [3.63, 3.8) is 0 Å². The lowest BCUT2D eigenvalue weighted by atomic mass is 9.87. The second kappa shape index (κ2) is 5.93. The molecular weight excluding hydrogens is 291 g/mol. The highest BCUT2D eigenvalue weighted by Gasteiger charge is 2.31. The highest BCUT2D eigenvalue weighted by atomic mass is 32.2. The number of nitrogens with two attached hydrogens (primary N) is 1. The number of hydrogen-bond acceptors (Lipinski definition) is 3. The largest absolute Gasteiger partial charge is 0.396 e. The fourth-order valence-corrected chi connectivity index (χ4v) is 4.52. The Balaban J connectivity index is 2.33. The highest BCUT2D eigenvalue weighted by Crippen LogP contribution is 2.31. The van der Waals surface area contributed by atoms with Crippen molar-refractivity contribution < 1.29 is 12.8 Å². The number of anilines is 1. The van der Waals surface area contributed by atoms with Gasteiger partial charge < -0.3 is 5.73 Å². The number of benzene rings is 1. The van der Waals surface area contributed by atoms with Gasteiger partial charge in [-0.05, 0) is 43.4 Å². The van der Waals surface area contributed by atoms with Gasteiger partial charge in [-0.1, -0.05) is 19.8 Å². The summed E-state index contributed by atoms with van der Waals surface area (Å²) >= 11 is 0. The Hall–Kier alpha value is -1.14. The van der Waals surface area contributed by atoms with E-state index in [4.69, 9.17) is 5.73 Å². The maximum Gasteiger partial charge on any atom is 0.243 e. The maximum absolute atomic E-state index is 13.6. The summed E-state index contributed by atoms with van der Waals surface area (Å²) in [7, 11) is -2.03. The number of rotatable bonds is 3. The molecule has 1 aromatic rings. The third-order valence-electron chi connectivity index (χ3n) is 4.36. The first-order valence-electron chi connectivity index (χ1n) is 7.27. The first-order valence-corrected chi connectivity index (χ1v) is 8.71. The molecule has 1 aliphatic rings. The number of sulfonamides is 1.